The molecule has 0 fully saturated rings. The molecule has 3 aromatic heterocycles. The Balaban J connectivity index is 1.47. The van der Waals surface area contributed by atoms with Crippen LogP contribution in [0.15, 0.2) is 48.7 Å². The lowest BCUT2D eigenvalue weighted by Gasteiger charge is -2.40. The minimum Gasteiger partial charge on any atom is -0.481 e. The van der Waals surface area contributed by atoms with E-state index in [-0.39, 0.29) is 5.66 Å². The number of methoxy groups -OCH3 is 1. The zero-order valence-electron chi connectivity index (χ0n) is 21.5. The number of aromatic amines is 1. The Morgan fingerprint density at radius 1 is 1.03 bits per heavy atom. The van der Waals surface area contributed by atoms with Gasteiger partial charge in [-0.05, 0) is 60.7 Å². The van der Waals surface area contributed by atoms with E-state index in [0.29, 0.717) is 16.7 Å². The van der Waals surface area contributed by atoms with Crippen LogP contribution < -0.4 is 15.0 Å². The summed E-state index contributed by atoms with van der Waals surface area (Å²) in [5.74, 6) is 2.07. The van der Waals surface area contributed by atoms with Crippen LogP contribution in [0.5, 0.6) is 5.88 Å². The van der Waals surface area contributed by atoms with Crippen molar-refractivity contribution in [2.75, 3.05) is 17.3 Å². The normalized spacial score (nSPS) is 14.0. The largest absolute Gasteiger partial charge is 0.481 e. The predicted octanol–water partition coefficient (Wildman–Crippen LogP) is 6.22. The molecule has 0 aliphatic carbocycles. The van der Waals surface area contributed by atoms with Crippen molar-refractivity contribution in [3.8, 4) is 23.1 Å². The van der Waals surface area contributed by atoms with Crippen molar-refractivity contribution in [2.45, 2.75) is 64.6 Å². The summed E-state index contributed by atoms with van der Waals surface area (Å²) >= 11 is 6.33. The molecule has 1 aromatic carbocycles. The van der Waals surface area contributed by atoms with Crippen molar-refractivity contribution in [1.29, 1.82) is 0 Å². The fourth-order valence-corrected chi connectivity index (χ4v) is 5.29. The molecule has 0 saturated carbocycles. The molecule has 4 aromatic rings. The number of benzene rings is 1. The third-order valence-electron chi connectivity index (χ3n) is 7.00. The minimum atomic E-state index is -0.174. The fourth-order valence-electron chi connectivity index (χ4n) is 5.08. The molecule has 2 N–H and O–H groups in total. The van der Waals surface area contributed by atoms with Gasteiger partial charge in [-0.2, -0.15) is 10.2 Å². The van der Waals surface area contributed by atoms with E-state index >= 15 is 0 Å². The van der Waals surface area contributed by atoms with Gasteiger partial charge >= 0.3 is 0 Å². The van der Waals surface area contributed by atoms with E-state index in [9.17, 15) is 0 Å². The van der Waals surface area contributed by atoms with Crippen molar-refractivity contribution in [1.82, 2.24) is 30.2 Å². The van der Waals surface area contributed by atoms with E-state index in [2.05, 4.69) is 75.0 Å². The van der Waals surface area contributed by atoms with Gasteiger partial charge in [0.15, 0.2) is 5.82 Å². The predicted molar refractivity (Wildman–Crippen MR) is 146 cm³/mol. The quantitative estimate of drug-likeness (QED) is 0.242. The van der Waals surface area contributed by atoms with Crippen LogP contribution in [0, 0.1) is 0 Å². The Morgan fingerprint density at radius 2 is 1.78 bits per heavy atom. The monoisotopic (exact) mass is 520 g/mol. The highest BCUT2D eigenvalue weighted by Crippen LogP contribution is 2.45. The number of nitrogens with zero attached hydrogens (tertiary/aromatic N) is 6. The highest BCUT2D eigenvalue weighted by atomic mass is 35.5. The molecule has 1 aliphatic heterocycles. The highest BCUT2D eigenvalue weighted by Gasteiger charge is 2.43. The second-order valence-corrected chi connectivity index (χ2v) is 9.93. The Kier molecular flexibility index (Phi) is 7.32. The molecule has 4 heterocycles. The van der Waals surface area contributed by atoms with Gasteiger partial charge in [-0.1, -0.05) is 50.4 Å². The average molecular weight is 521 g/mol. The van der Waals surface area contributed by atoms with Gasteiger partial charge in [0.05, 0.1) is 23.5 Å². The first-order chi connectivity index (χ1) is 18.1. The molecule has 0 radical (unpaired) electrons. The summed E-state index contributed by atoms with van der Waals surface area (Å²) in [4.78, 5) is 7.32. The number of halogens is 1. The second-order valence-electron chi connectivity index (χ2n) is 9.49. The van der Waals surface area contributed by atoms with Crippen LogP contribution in [-0.2, 0) is 6.54 Å². The van der Waals surface area contributed by atoms with Crippen LogP contribution in [0.25, 0.3) is 17.2 Å². The molecule has 5 rings (SSSR count). The van der Waals surface area contributed by atoms with Gasteiger partial charge in [-0.15, -0.1) is 10.2 Å². The van der Waals surface area contributed by atoms with E-state index in [1.54, 1.807) is 7.11 Å². The van der Waals surface area contributed by atoms with Crippen molar-refractivity contribution in [3.63, 3.8) is 0 Å². The van der Waals surface area contributed by atoms with Crippen LogP contribution >= 0.6 is 11.6 Å². The molecule has 1 aliphatic rings. The molecule has 37 heavy (non-hydrogen) atoms. The molecule has 0 atom stereocenters. The number of pyridine rings is 1. The van der Waals surface area contributed by atoms with Gasteiger partial charge in [0.2, 0.25) is 11.7 Å². The van der Waals surface area contributed by atoms with Crippen LogP contribution in [0.1, 0.15) is 57.9 Å². The van der Waals surface area contributed by atoms with Crippen LogP contribution in [0.3, 0.4) is 0 Å². The lowest BCUT2D eigenvalue weighted by Crippen LogP contribution is -2.50. The smallest absolute Gasteiger partial charge is 0.221 e. The number of hydrogen-bond donors (Lipinski definition) is 2. The lowest BCUT2D eigenvalue weighted by molar-refractivity contribution is 0.361. The van der Waals surface area contributed by atoms with E-state index in [1.807, 2.05) is 22.9 Å². The van der Waals surface area contributed by atoms with Gasteiger partial charge in [-0.3, -0.25) is 0 Å². The summed E-state index contributed by atoms with van der Waals surface area (Å²) in [5, 5.41) is 18.9. The van der Waals surface area contributed by atoms with Crippen molar-refractivity contribution >= 4 is 23.1 Å². The standard InChI is InChI=1S/C27H33ClN8O/c1-4-6-14-27(15-7-5-2)30-22-12-13-24(37-3)29-26(22)36(27)17-19-8-10-21(11-9-19)35-18-20(28)16-23(35)25-31-33-34-32-25/h8-13,16,18,30H,4-7,14-15,17H2,1-3H3,(H,31,32,33,34). The third kappa shape index (κ3) is 5.00. The summed E-state index contributed by atoms with van der Waals surface area (Å²) in [6.45, 7) is 5.23. The number of unbranched alkanes of at least 4 members (excludes halogenated alkanes) is 2. The number of aromatic nitrogens is 6. The van der Waals surface area contributed by atoms with E-state index in [4.69, 9.17) is 21.3 Å². The Morgan fingerprint density at radius 3 is 2.43 bits per heavy atom. The maximum atomic E-state index is 6.33. The molecule has 10 heteroatoms. The number of nitrogens with one attached hydrogen (secondary N) is 2. The highest BCUT2D eigenvalue weighted by molar-refractivity contribution is 6.30. The number of hydrogen-bond acceptors (Lipinski definition) is 7. The first-order valence-corrected chi connectivity index (χ1v) is 13.3. The maximum Gasteiger partial charge on any atom is 0.221 e. The fraction of sp³-hybridized carbons (Fsp3) is 0.407. The molecule has 0 unspecified atom stereocenters. The van der Waals surface area contributed by atoms with Crippen molar-refractivity contribution < 1.29 is 4.74 Å². The van der Waals surface area contributed by atoms with Crippen LogP contribution in [-0.4, -0.2) is 42.9 Å². The third-order valence-corrected chi connectivity index (χ3v) is 7.21. The van der Waals surface area contributed by atoms with Crippen molar-refractivity contribution in [3.05, 3.63) is 59.2 Å². The van der Waals surface area contributed by atoms with Crippen LogP contribution in [0.2, 0.25) is 5.02 Å². The molecule has 0 bridgehead atoms. The van der Waals surface area contributed by atoms with Gasteiger partial charge < -0.3 is 19.5 Å². The summed E-state index contributed by atoms with van der Waals surface area (Å²) < 4.78 is 7.46. The van der Waals surface area contributed by atoms with Crippen molar-refractivity contribution in [2.24, 2.45) is 0 Å². The Hall–Kier alpha value is -3.59. The number of ether oxygens (including phenoxy) is 1. The SMILES string of the molecule is CCCCC1(CCCC)Nc2ccc(OC)nc2N1Cc1ccc(-n2cc(Cl)cc2-c2nn[nH]n2)cc1. The van der Waals surface area contributed by atoms with Crippen LogP contribution in [0.4, 0.5) is 11.5 Å². The lowest BCUT2D eigenvalue weighted by atomic mass is 9.94. The van der Waals surface area contributed by atoms with Gasteiger partial charge in [-0.25, -0.2) is 0 Å². The molecule has 0 amide bonds. The summed E-state index contributed by atoms with van der Waals surface area (Å²) in [6, 6.07) is 14.4. The summed E-state index contributed by atoms with van der Waals surface area (Å²) in [5.41, 5.74) is 3.83. The number of H-pyrrole nitrogens is 1. The molecular formula is C27H33ClN8O. The van der Waals surface area contributed by atoms with Gasteiger partial charge in [0.1, 0.15) is 5.66 Å². The first-order valence-electron chi connectivity index (χ1n) is 12.9. The van der Waals surface area contributed by atoms with Gasteiger partial charge in [0.25, 0.3) is 0 Å². The zero-order chi connectivity index (χ0) is 25.8. The molecule has 0 saturated heterocycles. The number of anilines is 2. The van der Waals surface area contributed by atoms with E-state index in [1.165, 1.54) is 5.56 Å². The van der Waals surface area contributed by atoms with E-state index in [0.717, 1.165) is 68.0 Å². The topological polar surface area (TPSA) is 96.8 Å². The molecule has 0 spiro atoms. The number of fused-ring (bicyclic) bond motifs is 1. The Bertz CT molecular complexity index is 1310. The van der Waals surface area contributed by atoms with Gasteiger partial charge in [0, 0.05) is 24.5 Å². The molecule has 9 nitrogen and oxygen atoms in total. The minimum absolute atomic E-state index is 0.174. The summed E-state index contributed by atoms with van der Waals surface area (Å²) in [7, 11) is 1.66. The maximum absolute atomic E-state index is 6.33. The second kappa shape index (κ2) is 10.8. The summed E-state index contributed by atoms with van der Waals surface area (Å²) in [6.07, 6.45) is 8.54. The first kappa shape index (κ1) is 25.1. The molecular weight excluding hydrogens is 488 g/mol. The molecule has 194 valence electrons. The van der Waals surface area contributed by atoms with E-state index < -0.39 is 0 Å². The number of tetrazole rings is 1. The zero-order valence-corrected chi connectivity index (χ0v) is 22.3. The number of rotatable bonds is 11. The average Bonchev–Trinajstić information content (AvgIpc) is 3.65. The Labute approximate surface area is 222 Å².